The van der Waals surface area contributed by atoms with Crippen molar-refractivity contribution in [1.29, 1.82) is 0 Å². The number of carbonyl (C=O) groups is 1. The molecule has 2 aromatic carbocycles. The lowest BCUT2D eigenvalue weighted by molar-refractivity contribution is 0.0584. The molecule has 4 nitrogen and oxygen atoms in total. The number of nitrogens with one attached hydrogen (secondary N) is 1. The van der Waals surface area contributed by atoms with Gasteiger partial charge in [0.1, 0.15) is 5.69 Å². The average Bonchev–Trinajstić information content (AvgIpc) is 3.29. The van der Waals surface area contributed by atoms with Crippen LogP contribution in [-0.4, -0.2) is 42.1 Å². The van der Waals surface area contributed by atoms with Crippen molar-refractivity contribution >= 4 is 28.4 Å². The topological polar surface area (TPSA) is 45.3 Å². The molecule has 0 radical (unpaired) electrons. The molecule has 3 aromatic rings. The molecular formula is C21H21ClN2O2. The number of nitrogens with zero attached hydrogens (tertiary/aromatic N) is 1. The van der Waals surface area contributed by atoms with Gasteiger partial charge in [-0.2, -0.15) is 0 Å². The van der Waals surface area contributed by atoms with Crippen molar-refractivity contribution in [3.05, 3.63) is 59.2 Å². The third kappa shape index (κ3) is 3.22. The Morgan fingerprint density at radius 2 is 2.08 bits per heavy atom. The zero-order valence-electron chi connectivity index (χ0n) is 14.7. The largest absolute Gasteiger partial charge is 0.376 e. The lowest BCUT2D eigenvalue weighted by Crippen LogP contribution is -2.34. The number of halogens is 1. The summed E-state index contributed by atoms with van der Waals surface area (Å²) in [5.41, 5.74) is 3.39. The predicted molar refractivity (Wildman–Crippen MR) is 105 cm³/mol. The molecule has 1 aromatic heterocycles. The summed E-state index contributed by atoms with van der Waals surface area (Å²) < 4.78 is 5.68. The Hall–Kier alpha value is -2.30. The molecule has 1 aliphatic rings. The van der Waals surface area contributed by atoms with Crippen LogP contribution in [0.5, 0.6) is 0 Å². The van der Waals surface area contributed by atoms with Gasteiger partial charge in [-0.3, -0.25) is 4.79 Å². The summed E-state index contributed by atoms with van der Waals surface area (Å²) in [5.74, 6) is -0.0355. The van der Waals surface area contributed by atoms with E-state index in [9.17, 15) is 4.79 Å². The predicted octanol–water partition coefficient (Wildman–Crippen LogP) is 4.74. The minimum Gasteiger partial charge on any atom is -0.376 e. The molecule has 1 saturated heterocycles. The highest BCUT2D eigenvalue weighted by Gasteiger charge is 2.25. The zero-order chi connectivity index (χ0) is 18.1. The first-order chi connectivity index (χ1) is 12.6. The number of rotatable bonds is 4. The van der Waals surface area contributed by atoms with Crippen LogP contribution in [0, 0.1) is 0 Å². The Morgan fingerprint density at radius 1 is 1.27 bits per heavy atom. The van der Waals surface area contributed by atoms with Gasteiger partial charge in [-0.05, 0) is 36.6 Å². The highest BCUT2D eigenvalue weighted by atomic mass is 35.5. The van der Waals surface area contributed by atoms with E-state index in [1.807, 2.05) is 55.6 Å². The van der Waals surface area contributed by atoms with Crippen LogP contribution in [-0.2, 0) is 4.74 Å². The fourth-order valence-corrected chi connectivity index (χ4v) is 3.77. The number of ether oxygens (including phenoxy) is 1. The van der Waals surface area contributed by atoms with Crippen molar-refractivity contribution in [3.8, 4) is 11.1 Å². The molecule has 0 unspecified atom stereocenters. The van der Waals surface area contributed by atoms with E-state index in [-0.39, 0.29) is 12.0 Å². The van der Waals surface area contributed by atoms with Crippen molar-refractivity contribution in [3.63, 3.8) is 0 Å². The summed E-state index contributed by atoms with van der Waals surface area (Å²) in [6.45, 7) is 1.38. The highest BCUT2D eigenvalue weighted by molar-refractivity contribution is 6.31. The van der Waals surface area contributed by atoms with Gasteiger partial charge in [0.25, 0.3) is 5.91 Å². The Bertz CT molecular complexity index is 930. The first kappa shape index (κ1) is 17.1. The summed E-state index contributed by atoms with van der Waals surface area (Å²) in [4.78, 5) is 18.2. The summed E-state index contributed by atoms with van der Waals surface area (Å²) in [7, 11) is 1.83. The van der Waals surface area contributed by atoms with Crippen molar-refractivity contribution < 1.29 is 9.53 Å². The molecule has 5 heteroatoms. The van der Waals surface area contributed by atoms with Crippen molar-refractivity contribution in [2.75, 3.05) is 20.2 Å². The quantitative estimate of drug-likeness (QED) is 0.723. The molecule has 1 aliphatic heterocycles. The second kappa shape index (κ2) is 7.14. The molecule has 0 saturated carbocycles. The number of carbonyl (C=O) groups excluding carboxylic acids is 1. The van der Waals surface area contributed by atoms with Crippen LogP contribution in [0.3, 0.4) is 0 Å². The van der Waals surface area contributed by atoms with Crippen molar-refractivity contribution in [2.24, 2.45) is 0 Å². The molecule has 0 aliphatic carbocycles. The Balaban J connectivity index is 1.77. The van der Waals surface area contributed by atoms with Crippen LogP contribution in [0.1, 0.15) is 23.3 Å². The molecule has 2 heterocycles. The van der Waals surface area contributed by atoms with Gasteiger partial charge in [-0.25, -0.2) is 0 Å². The van der Waals surface area contributed by atoms with Crippen LogP contribution < -0.4 is 0 Å². The lowest BCUT2D eigenvalue weighted by atomic mass is 10.0. The molecule has 1 N–H and O–H groups in total. The number of aromatic nitrogens is 1. The van der Waals surface area contributed by atoms with E-state index in [4.69, 9.17) is 16.3 Å². The van der Waals surface area contributed by atoms with Gasteiger partial charge < -0.3 is 14.6 Å². The minimum atomic E-state index is -0.0355. The van der Waals surface area contributed by atoms with Crippen LogP contribution in [0.25, 0.3) is 22.0 Å². The van der Waals surface area contributed by atoms with Gasteiger partial charge in [-0.1, -0.05) is 41.9 Å². The van der Waals surface area contributed by atoms with Crippen LogP contribution >= 0.6 is 11.6 Å². The van der Waals surface area contributed by atoms with Crippen LogP contribution in [0.15, 0.2) is 48.5 Å². The maximum absolute atomic E-state index is 13.2. The fraction of sp³-hybridized carbons (Fsp3) is 0.286. The second-order valence-corrected chi connectivity index (χ2v) is 7.19. The number of likely N-dealkylation sites (N-methyl/N-ethyl adjacent to an activating group) is 1. The van der Waals surface area contributed by atoms with E-state index in [1.165, 1.54) is 0 Å². The minimum absolute atomic E-state index is 0.0355. The Kier molecular flexibility index (Phi) is 4.70. The van der Waals surface area contributed by atoms with Crippen molar-refractivity contribution in [1.82, 2.24) is 9.88 Å². The molecule has 4 rings (SSSR count). The molecular weight excluding hydrogens is 348 g/mol. The number of H-pyrrole nitrogens is 1. The first-order valence-electron chi connectivity index (χ1n) is 8.87. The van der Waals surface area contributed by atoms with E-state index >= 15 is 0 Å². The second-order valence-electron chi connectivity index (χ2n) is 6.75. The van der Waals surface area contributed by atoms with Crippen LogP contribution in [0.2, 0.25) is 5.02 Å². The number of aromatic amines is 1. The van der Waals surface area contributed by atoms with E-state index < -0.39 is 0 Å². The summed E-state index contributed by atoms with van der Waals surface area (Å²) in [6, 6.07) is 15.6. The molecule has 134 valence electrons. The summed E-state index contributed by atoms with van der Waals surface area (Å²) >= 11 is 6.22. The number of fused-ring (bicyclic) bond motifs is 1. The standard InChI is InChI=1S/C21H21ClN2O2/c1-24(13-16-8-5-11-26-16)21(25)20-19(14-6-3-2-4-7-14)17-12-15(22)9-10-18(17)23-20/h2-4,6-7,9-10,12,16,23H,5,8,11,13H2,1H3/t16-/m0/s1. The van der Waals surface area contributed by atoms with Gasteiger partial charge in [0.15, 0.2) is 0 Å². The van der Waals surface area contributed by atoms with Gasteiger partial charge in [0, 0.05) is 41.7 Å². The number of amides is 1. The van der Waals surface area contributed by atoms with Gasteiger partial charge in [-0.15, -0.1) is 0 Å². The maximum atomic E-state index is 13.2. The van der Waals surface area contributed by atoms with Gasteiger partial charge in [0.2, 0.25) is 0 Å². The molecule has 26 heavy (non-hydrogen) atoms. The Morgan fingerprint density at radius 3 is 2.81 bits per heavy atom. The number of hydrogen-bond donors (Lipinski definition) is 1. The van der Waals surface area contributed by atoms with Gasteiger partial charge >= 0.3 is 0 Å². The molecule has 0 spiro atoms. The molecule has 1 atom stereocenters. The van der Waals surface area contributed by atoms with E-state index in [1.54, 1.807) is 4.90 Å². The summed E-state index contributed by atoms with van der Waals surface area (Å²) in [6.07, 6.45) is 2.20. The third-order valence-corrected chi connectivity index (χ3v) is 5.12. The number of hydrogen-bond acceptors (Lipinski definition) is 2. The first-order valence-corrected chi connectivity index (χ1v) is 9.25. The third-order valence-electron chi connectivity index (χ3n) is 4.89. The van der Waals surface area contributed by atoms with Gasteiger partial charge in [0.05, 0.1) is 6.10 Å². The highest BCUT2D eigenvalue weighted by Crippen LogP contribution is 2.34. The maximum Gasteiger partial charge on any atom is 0.270 e. The van der Waals surface area contributed by atoms with Crippen LogP contribution in [0.4, 0.5) is 0 Å². The molecule has 1 amide bonds. The smallest absolute Gasteiger partial charge is 0.270 e. The van der Waals surface area contributed by atoms with E-state index in [2.05, 4.69) is 4.98 Å². The lowest BCUT2D eigenvalue weighted by Gasteiger charge is -2.21. The number of benzene rings is 2. The van der Waals surface area contributed by atoms with E-state index in [0.29, 0.717) is 17.3 Å². The van der Waals surface area contributed by atoms with Crippen molar-refractivity contribution in [2.45, 2.75) is 18.9 Å². The summed E-state index contributed by atoms with van der Waals surface area (Å²) in [5, 5.41) is 1.61. The molecule has 1 fully saturated rings. The SMILES string of the molecule is CN(C[C@@H]1CCCO1)C(=O)c1[nH]c2ccc(Cl)cc2c1-c1ccccc1. The Labute approximate surface area is 157 Å². The zero-order valence-corrected chi connectivity index (χ0v) is 15.4. The molecule has 0 bridgehead atoms. The average molecular weight is 369 g/mol. The van der Waals surface area contributed by atoms with E-state index in [0.717, 1.165) is 41.5 Å². The normalized spacial score (nSPS) is 16.9. The fourth-order valence-electron chi connectivity index (χ4n) is 3.60. The monoisotopic (exact) mass is 368 g/mol.